The third kappa shape index (κ3) is 2.95. The van der Waals surface area contributed by atoms with Crippen LogP contribution in [-0.4, -0.2) is 4.98 Å². The van der Waals surface area contributed by atoms with Crippen LogP contribution in [0.1, 0.15) is 12.5 Å². The first kappa shape index (κ1) is 9.86. The summed E-state index contributed by atoms with van der Waals surface area (Å²) in [7, 11) is 0. The van der Waals surface area contributed by atoms with Gasteiger partial charge in [0, 0.05) is 34.0 Å². The van der Waals surface area contributed by atoms with E-state index in [1.807, 2.05) is 19.1 Å². The van der Waals surface area contributed by atoms with E-state index < -0.39 is 0 Å². The molecule has 68 valence electrons. The summed E-state index contributed by atoms with van der Waals surface area (Å²) in [5.74, 6) is 0. The quantitative estimate of drug-likeness (QED) is 0.800. The predicted molar refractivity (Wildman–Crippen MR) is 58.8 cm³/mol. The van der Waals surface area contributed by atoms with Gasteiger partial charge in [-0.15, -0.1) is 0 Å². The Morgan fingerprint density at radius 1 is 1.69 bits per heavy atom. The lowest BCUT2D eigenvalue weighted by molar-refractivity contribution is 1.32. The molecule has 0 spiro atoms. The third-order valence-corrected chi connectivity index (χ3v) is 2.44. The van der Waals surface area contributed by atoms with Crippen LogP contribution in [0, 0.1) is 0 Å². The fraction of sp³-hybridized carbons (Fsp3) is 0.100. The minimum atomic E-state index is 0.965. The highest BCUT2D eigenvalue weighted by Crippen LogP contribution is 2.30. The Hall–Kier alpha value is -1.22. The predicted octanol–water partition coefficient (Wildman–Crippen LogP) is 2.61. The average molecular weight is 192 g/mol. The number of pyridine rings is 1. The number of thioether (sulfide) groups is 1. The number of allylic oxidation sites excluding steroid dienone is 1. The van der Waals surface area contributed by atoms with E-state index in [9.17, 15) is 0 Å². The Morgan fingerprint density at radius 2 is 2.46 bits per heavy atom. The number of hydrogen-bond donors (Lipinski definition) is 1. The molecular weight excluding hydrogens is 180 g/mol. The Morgan fingerprint density at radius 3 is 3.00 bits per heavy atom. The maximum absolute atomic E-state index is 5.36. The summed E-state index contributed by atoms with van der Waals surface area (Å²) in [6.45, 7) is 5.89. The number of nitrogens with zero attached hydrogens (tertiary/aromatic N) is 1. The number of nitrogens with two attached hydrogens (primary N) is 1. The topological polar surface area (TPSA) is 38.9 Å². The highest BCUT2D eigenvalue weighted by molar-refractivity contribution is 8.11. The van der Waals surface area contributed by atoms with Crippen molar-refractivity contribution in [2.45, 2.75) is 6.92 Å². The number of rotatable bonds is 3. The molecule has 0 unspecified atom stereocenters. The van der Waals surface area contributed by atoms with Crippen LogP contribution in [-0.2, 0) is 0 Å². The van der Waals surface area contributed by atoms with E-state index in [0.29, 0.717) is 0 Å². The maximum atomic E-state index is 5.36. The van der Waals surface area contributed by atoms with Crippen molar-refractivity contribution in [3.63, 3.8) is 0 Å². The summed E-state index contributed by atoms with van der Waals surface area (Å²) in [4.78, 5) is 6.02. The van der Waals surface area contributed by atoms with Crippen molar-refractivity contribution >= 4 is 16.7 Å². The van der Waals surface area contributed by atoms with Crippen LogP contribution >= 0.6 is 11.8 Å². The molecule has 2 nitrogen and oxygen atoms in total. The molecule has 2 N–H and O–H groups in total. The molecule has 0 fully saturated rings. The molecular formula is C10H12N2S. The molecule has 13 heavy (non-hydrogen) atoms. The van der Waals surface area contributed by atoms with Gasteiger partial charge in [0.25, 0.3) is 0 Å². The molecule has 0 saturated carbocycles. The van der Waals surface area contributed by atoms with Crippen molar-refractivity contribution in [1.82, 2.24) is 4.98 Å². The van der Waals surface area contributed by atoms with E-state index in [2.05, 4.69) is 11.6 Å². The SMILES string of the molecule is C=C(S/C(C)=C\N)c1cccnc1. The van der Waals surface area contributed by atoms with Gasteiger partial charge in [0.2, 0.25) is 0 Å². The van der Waals surface area contributed by atoms with Crippen LogP contribution in [0.3, 0.4) is 0 Å². The molecule has 0 aliphatic rings. The maximum Gasteiger partial charge on any atom is 0.0351 e. The van der Waals surface area contributed by atoms with E-state index in [1.165, 1.54) is 0 Å². The molecule has 0 bridgehead atoms. The van der Waals surface area contributed by atoms with Gasteiger partial charge in [-0.05, 0) is 13.0 Å². The standard InChI is InChI=1S/C10H12N2S/c1-8(6-11)13-9(2)10-4-3-5-12-7-10/h3-7H,2,11H2,1H3/b8-6-. The van der Waals surface area contributed by atoms with Gasteiger partial charge >= 0.3 is 0 Å². The van der Waals surface area contributed by atoms with Gasteiger partial charge in [-0.3, -0.25) is 4.98 Å². The van der Waals surface area contributed by atoms with Crippen molar-refractivity contribution < 1.29 is 0 Å². The lowest BCUT2D eigenvalue weighted by atomic mass is 10.3. The fourth-order valence-electron chi connectivity index (χ4n) is 0.815. The molecule has 1 aromatic rings. The summed E-state index contributed by atoms with van der Waals surface area (Å²) in [6.07, 6.45) is 5.11. The third-order valence-electron chi connectivity index (χ3n) is 1.50. The van der Waals surface area contributed by atoms with Crippen molar-refractivity contribution in [3.8, 4) is 0 Å². The molecule has 0 amide bonds. The Labute approximate surface area is 82.6 Å². The zero-order valence-corrected chi connectivity index (χ0v) is 8.34. The normalized spacial score (nSPS) is 11.3. The molecule has 0 saturated heterocycles. The molecule has 3 heteroatoms. The molecule has 0 radical (unpaired) electrons. The van der Waals surface area contributed by atoms with Gasteiger partial charge in [-0.1, -0.05) is 24.4 Å². The highest BCUT2D eigenvalue weighted by Gasteiger charge is 1.99. The Kier molecular flexibility index (Phi) is 3.58. The van der Waals surface area contributed by atoms with Crippen molar-refractivity contribution in [2.75, 3.05) is 0 Å². The van der Waals surface area contributed by atoms with E-state index in [0.717, 1.165) is 15.4 Å². The second-order valence-corrected chi connectivity index (χ2v) is 3.89. The van der Waals surface area contributed by atoms with E-state index in [1.54, 1.807) is 30.4 Å². The largest absolute Gasteiger partial charge is 0.404 e. The first-order valence-corrected chi connectivity index (χ1v) is 4.71. The molecule has 1 heterocycles. The first-order chi connectivity index (χ1) is 6.24. The summed E-state index contributed by atoms with van der Waals surface area (Å²) < 4.78 is 0. The van der Waals surface area contributed by atoms with Gasteiger partial charge in [0.15, 0.2) is 0 Å². The fourth-order valence-corrected chi connectivity index (χ4v) is 1.51. The van der Waals surface area contributed by atoms with Gasteiger partial charge in [0.05, 0.1) is 0 Å². The van der Waals surface area contributed by atoms with E-state index in [4.69, 9.17) is 5.73 Å². The smallest absolute Gasteiger partial charge is 0.0351 e. The highest BCUT2D eigenvalue weighted by atomic mass is 32.2. The van der Waals surface area contributed by atoms with E-state index in [-0.39, 0.29) is 0 Å². The van der Waals surface area contributed by atoms with Crippen LogP contribution in [0.25, 0.3) is 4.91 Å². The lowest BCUT2D eigenvalue weighted by Crippen LogP contribution is -1.83. The van der Waals surface area contributed by atoms with Crippen molar-refractivity contribution in [1.29, 1.82) is 0 Å². The minimum absolute atomic E-state index is 0.965. The first-order valence-electron chi connectivity index (χ1n) is 3.89. The van der Waals surface area contributed by atoms with Gasteiger partial charge < -0.3 is 5.73 Å². The zero-order chi connectivity index (χ0) is 9.68. The molecule has 0 atom stereocenters. The van der Waals surface area contributed by atoms with Crippen LogP contribution in [0.4, 0.5) is 0 Å². The Balaban J connectivity index is 2.70. The van der Waals surface area contributed by atoms with Crippen molar-refractivity contribution in [3.05, 3.63) is 47.8 Å². The van der Waals surface area contributed by atoms with E-state index >= 15 is 0 Å². The Bertz CT molecular complexity index is 317. The summed E-state index contributed by atoms with van der Waals surface area (Å²) in [5, 5.41) is 0. The van der Waals surface area contributed by atoms with Crippen LogP contribution in [0.15, 0.2) is 42.2 Å². The summed E-state index contributed by atoms with van der Waals surface area (Å²) >= 11 is 1.55. The van der Waals surface area contributed by atoms with Gasteiger partial charge in [0.1, 0.15) is 0 Å². The zero-order valence-electron chi connectivity index (χ0n) is 7.53. The molecule has 0 aliphatic heterocycles. The van der Waals surface area contributed by atoms with Gasteiger partial charge in [-0.2, -0.15) is 0 Å². The second kappa shape index (κ2) is 4.72. The van der Waals surface area contributed by atoms with Crippen LogP contribution in [0.5, 0.6) is 0 Å². The lowest BCUT2D eigenvalue weighted by Gasteiger charge is -2.03. The minimum Gasteiger partial charge on any atom is -0.404 e. The monoisotopic (exact) mass is 192 g/mol. The van der Waals surface area contributed by atoms with Crippen molar-refractivity contribution in [2.24, 2.45) is 5.73 Å². The molecule has 0 aliphatic carbocycles. The number of hydrogen-bond acceptors (Lipinski definition) is 3. The van der Waals surface area contributed by atoms with Crippen LogP contribution < -0.4 is 5.73 Å². The van der Waals surface area contributed by atoms with Crippen LogP contribution in [0.2, 0.25) is 0 Å². The molecule has 0 aromatic carbocycles. The molecule has 1 rings (SSSR count). The number of aromatic nitrogens is 1. The summed E-state index contributed by atoms with van der Waals surface area (Å²) in [5.41, 5.74) is 6.39. The average Bonchev–Trinajstić information content (AvgIpc) is 2.19. The van der Waals surface area contributed by atoms with Gasteiger partial charge in [-0.25, -0.2) is 0 Å². The summed E-state index contributed by atoms with van der Waals surface area (Å²) in [6, 6.07) is 3.87. The second-order valence-electron chi connectivity index (χ2n) is 2.54. The molecule has 1 aromatic heterocycles.